The van der Waals surface area contributed by atoms with Crippen LogP contribution in [-0.4, -0.2) is 33.5 Å². The van der Waals surface area contributed by atoms with Gasteiger partial charge in [-0.05, 0) is 50.7 Å². The lowest BCUT2D eigenvalue weighted by Gasteiger charge is -2.29. The van der Waals surface area contributed by atoms with Crippen LogP contribution >= 0.6 is 0 Å². The maximum absolute atomic E-state index is 12.3. The fraction of sp³-hybridized carbons (Fsp3) is 0.625. The quantitative estimate of drug-likeness (QED) is 0.763. The first-order valence-corrected chi connectivity index (χ1v) is 8.77. The van der Waals surface area contributed by atoms with E-state index in [2.05, 4.69) is 11.8 Å². The molecule has 2 atom stereocenters. The van der Waals surface area contributed by atoms with Gasteiger partial charge in [-0.15, -0.1) is 0 Å². The van der Waals surface area contributed by atoms with Crippen molar-refractivity contribution in [3.05, 3.63) is 30.3 Å². The monoisotopic (exact) mass is 277 g/mol. The molecule has 1 aromatic carbocycles. The molecule has 2 fully saturated rings. The lowest BCUT2D eigenvalue weighted by Crippen LogP contribution is -2.39. The van der Waals surface area contributed by atoms with Gasteiger partial charge in [0.2, 0.25) is 0 Å². The molecule has 3 rings (SSSR count). The molecule has 1 aromatic rings. The van der Waals surface area contributed by atoms with Crippen molar-refractivity contribution in [3.63, 3.8) is 0 Å². The minimum atomic E-state index is -0.844. The topological polar surface area (TPSA) is 20.3 Å². The molecular formula is C16H23NOS. The molecule has 2 aliphatic rings. The minimum Gasteiger partial charge on any atom is -0.297 e. The van der Waals surface area contributed by atoms with Gasteiger partial charge >= 0.3 is 0 Å². The molecule has 0 saturated heterocycles. The molecule has 19 heavy (non-hydrogen) atoms. The Bertz CT molecular complexity index is 439. The van der Waals surface area contributed by atoms with Gasteiger partial charge in [-0.2, -0.15) is 0 Å². The van der Waals surface area contributed by atoms with Crippen molar-refractivity contribution in [1.29, 1.82) is 0 Å². The molecular weight excluding hydrogens is 254 g/mol. The van der Waals surface area contributed by atoms with Crippen LogP contribution in [0.25, 0.3) is 0 Å². The summed E-state index contributed by atoms with van der Waals surface area (Å²) in [6.07, 6.45) is 5.47. The number of rotatable bonds is 7. The lowest BCUT2D eigenvalue weighted by molar-refractivity contribution is 0.191. The van der Waals surface area contributed by atoms with Gasteiger partial charge in [-0.25, -0.2) is 0 Å². The largest absolute Gasteiger partial charge is 0.297 e. The zero-order valence-electron chi connectivity index (χ0n) is 11.6. The van der Waals surface area contributed by atoms with Gasteiger partial charge in [-0.3, -0.25) is 9.11 Å². The summed E-state index contributed by atoms with van der Waals surface area (Å²) in [6, 6.07) is 11.3. The average molecular weight is 277 g/mol. The molecule has 2 saturated carbocycles. The fourth-order valence-electron chi connectivity index (χ4n) is 2.85. The van der Waals surface area contributed by atoms with E-state index < -0.39 is 10.8 Å². The SMILES string of the molecule is CC(C1CC1)N(CCS(=O)c1ccccc1)C1CC1. The number of benzene rings is 1. The maximum atomic E-state index is 12.3. The Morgan fingerprint density at radius 1 is 1.21 bits per heavy atom. The molecule has 0 radical (unpaired) electrons. The minimum absolute atomic E-state index is 0.695. The first-order chi connectivity index (χ1) is 9.25. The highest BCUT2D eigenvalue weighted by molar-refractivity contribution is 7.85. The van der Waals surface area contributed by atoms with Crippen molar-refractivity contribution in [2.45, 2.75) is 49.6 Å². The molecule has 0 bridgehead atoms. The summed E-state index contributed by atoms with van der Waals surface area (Å²) in [5.41, 5.74) is 0. The van der Waals surface area contributed by atoms with E-state index in [0.29, 0.717) is 6.04 Å². The van der Waals surface area contributed by atoms with Crippen molar-refractivity contribution in [1.82, 2.24) is 4.90 Å². The van der Waals surface area contributed by atoms with Crippen LogP contribution in [0, 0.1) is 5.92 Å². The van der Waals surface area contributed by atoms with Gasteiger partial charge in [0.1, 0.15) is 0 Å². The van der Waals surface area contributed by atoms with Gasteiger partial charge in [-0.1, -0.05) is 18.2 Å². The number of hydrogen-bond donors (Lipinski definition) is 0. The highest BCUT2D eigenvalue weighted by atomic mass is 32.2. The van der Waals surface area contributed by atoms with E-state index in [1.54, 1.807) is 0 Å². The molecule has 0 aromatic heterocycles. The van der Waals surface area contributed by atoms with E-state index in [0.717, 1.165) is 29.2 Å². The highest BCUT2D eigenvalue weighted by Crippen LogP contribution is 2.39. The van der Waals surface area contributed by atoms with Crippen molar-refractivity contribution < 1.29 is 4.21 Å². The first-order valence-electron chi connectivity index (χ1n) is 7.45. The molecule has 0 N–H and O–H groups in total. The summed E-state index contributed by atoms with van der Waals surface area (Å²) in [7, 11) is -0.844. The van der Waals surface area contributed by atoms with Crippen LogP contribution in [0.5, 0.6) is 0 Å². The van der Waals surface area contributed by atoms with Crippen LogP contribution < -0.4 is 0 Å². The second kappa shape index (κ2) is 5.76. The van der Waals surface area contributed by atoms with Gasteiger partial charge in [0.15, 0.2) is 0 Å². The maximum Gasteiger partial charge on any atom is 0.0542 e. The van der Waals surface area contributed by atoms with Gasteiger partial charge in [0, 0.05) is 29.3 Å². The molecule has 0 amide bonds. The van der Waals surface area contributed by atoms with E-state index in [1.165, 1.54) is 25.7 Å². The van der Waals surface area contributed by atoms with E-state index in [9.17, 15) is 4.21 Å². The Hall–Kier alpha value is -0.670. The van der Waals surface area contributed by atoms with Crippen molar-refractivity contribution in [2.24, 2.45) is 5.92 Å². The molecule has 2 unspecified atom stereocenters. The average Bonchev–Trinajstić information content (AvgIpc) is 3.30. The third-order valence-corrected chi connectivity index (χ3v) is 5.74. The zero-order valence-corrected chi connectivity index (χ0v) is 12.4. The standard InChI is InChI=1S/C16H23NOS/c1-13(14-7-8-14)17(15-9-10-15)11-12-19(18)16-5-3-2-4-6-16/h2-6,13-15H,7-12H2,1H3. The second-order valence-corrected chi connectivity index (χ2v) is 7.48. The molecule has 104 valence electrons. The van der Waals surface area contributed by atoms with Gasteiger partial charge < -0.3 is 0 Å². The summed E-state index contributed by atoms with van der Waals surface area (Å²) in [4.78, 5) is 3.59. The zero-order chi connectivity index (χ0) is 13.2. The molecule has 0 spiro atoms. The lowest BCUT2D eigenvalue weighted by atomic mass is 10.2. The predicted molar refractivity (Wildman–Crippen MR) is 79.6 cm³/mol. The Labute approximate surface area is 118 Å². The Morgan fingerprint density at radius 2 is 1.89 bits per heavy atom. The summed E-state index contributed by atoms with van der Waals surface area (Å²) in [6.45, 7) is 3.35. The van der Waals surface area contributed by atoms with E-state index in [4.69, 9.17) is 0 Å². The van der Waals surface area contributed by atoms with E-state index in [1.807, 2.05) is 30.3 Å². The van der Waals surface area contributed by atoms with Crippen LogP contribution in [-0.2, 0) is 10.8 Å². The molecule has 0 aliphatic heterocycles. The molecule has 0 heterocycles. The normalized spacial score (nSPS) is 22.4. The van der Waals surface area contributed by atoms with Crippen molar-refractivity contribution >= 4 is 10.8 Å². The Balaban J connectivity index is 1.56. The third kappa shape index (κ3) is 3.46. The van der Waals surface area contributed by atoms with Crippen LogP contribution in [0.1, 0.15) is 32.6 Å². The fourth-order valence-corrected chi connectivity index (χ4v) is 3.93. The van der Waals surface area contributed by atoms with Gasteiger partial charge in [0.05, 0.1) is 10.8 Å². The predicted octanol–water partition coefficient (Wildman–Crippen LogP) is 3.06. The second-order valence-electron chi connectivity index (χ2n) is 5.91. The van der Waals surface area contributed by atoms with E-state index >= 15 is 0 Å². The Morgan fingerprint density at radius 3 is 2.47 bits per heavy atom. The number of hydrogen-bond acceptors (Lipinski definition) is 2. The first kappa shape index (κ1) is 13.3. The smallest absolute Gasteiger partial charge is 0.0542 e. The summed E-state index contributed by atoms with van der Waals surface area (Å²) >= 11 is 0. The van der Waals surface area contributed by atoms with E-state index in [-0.39, 0.29) is 0 Å². The van der Waals surface area contributed by atoms with Crippen molar-refractivity contribution in [3.8, 4) is 0 Å². The molecule has 2 nitrogen and oxygen atoms in total. The summed E-state index contributed by atoms with van der Waals surface area (Å²) in [5.74, 6) is 1.68. The van der Waals surface area contributed by atoms with Crippen molar-refractivity contribution in [2.75, 3.05) is 12.3 Å². The molecule has 3 heteroatoms. The summed E-state index contributed by atoms with van der Waals surface area (Å²) < 4.78 is 12.3. The Kier molecular flexibility index (Phi) is 4.04. The highest BCUT2D eigenvalue weighted by Gasteiger charge is 2.38. The third-order valence-electron chi connectivity index (χ3n) is 4.38. The number of nitrogens with zero attached hydrogens (tertiary/aromatic N) is 1. The van der Waals surface area contributed by atoms with Gasteiger partial charge in [0.25, 0.3) is 0 Å². The van der Waals surface area contributed by atoms with Crippen LogP contribution in [0.2, 0.25) is 0 Å². The van der Waals surface area contributed by atoms with Crippen LogP contribution in [0.15, 0.2) is 35.2 Å². The summed E-state index contributed by atoms with van der Waals surface area (Å²) in [5, 5.41) is 0. The van der Waals surface area contributed by atoms with Crippen LogP contribution in [0.4, 0.5) is 0 Å². The molecule has 2 aliphatic carbocycles. The van der Waals surface area contributed by atoms with Crippen LogP contribution in [0.3, 0.4) is 0 Å².